The van der Waals surface area contributed by atoms with Crippen molar-refractivity contribution >= 4 is 28.6 Å². The monoisotopic (exact) mass is 588 g/mol. The van der Waals surface area contributed by atoms with Crippen LogP contribution in [0, 0.1) is 46.8 Å². The Morgan fingerprint density at radius 3 is 2.53 bits per heavy atom. The summed E-state index contributed by atoms with van der Waals surface area (Å²) >= 11 is 2.66. The van der Waals surface area contributed by atoms with Gasteiger partial charge in [0, 0.05) is 11.0 Å². The zero-order chi connectivity index (χ0) is 24.9. The third-order valence-corrected chi connectivity index (χ3v) is 11.4. The summed E-state index contributed by atoms with van der Waals surface area (Å²) in [4.78, 5) is 12.3. The van der Waals surface area contributed by atoms with Gasteiger partial charge >= 0.3 is 5.97 Å². The maximum Gasteiger partial charge on any atom is 0.308 e. The van der Waals surface area contributed by atoms with Crippen LogP contribution in [0.3, 0.4) is 0 Å². The SMILES string of the molecule is CO[C@H]1CCC(C)[C@H]2CC[C@]3(C)[C@@H]([C@H](C)CCCC(C)C)CC[C@H]3[C@@H]2CC(I)CCOC(=O)C1. The van der Waals surface area contributed by atoms with E-state index in [1.54, 1.807) is 7.11 Å². The van der Waals surface area contributed by atoms with Gasteiger partial charge in [-0.1, -0.05) is 76.5 Å². The highest BCUT2D eigenvalue weighted by Gasteiger charge is 2.55. The Bertz CT molecular complexity index is 637. The Kier molecular flexibility index (Phi) is 11.1. The molecule has 0 amide bonds. The Balaban J connectivity index is 1.75. The highest BCUT2D eigenvalue weighted by Crippen LogP contribution is 2.63. The number of halogens is 1. The molecular weight excluding hydrogens is 535 g/mol. The lowest BCUT2D eigenvalue weighted by molar-refractivity contribution is -0.146. The molecule has 3 aliphatic rings. The van der Waals surface area contributed by atoms with Gasteiger partial charge in [0.25, 0.3) is 0 Å². The molecule has 3 fully saturated rings. The molecule has 1 aliphatic heterocycles. The minimum atomic E-state index is -0.0857. The van der Waals surface area contributed by atoms with Crippen LogP contribution in [0.15, 0.2) is 0 Å². The van der Waals surface area contributed by atoms with Crippen LogP contribution >= 0.6 is 22.6 Å². The standard InChI is InChI=1S/C30H53IO3/c1-20(2)8-7-9-22(4)27-12-13-28-26-18-23(31)15-17-34-29(32)19-24(33-6)11-10-21(3)25(26)14-16-30(27,28)5/h20-28H,7-19H2,1-6H3/t21?,22-,23?,24+,25-,26-,27-,28+,30-/m1/s1. The van der Waals surface area contributed by atoms with Gasteiger partial charge in [0.1, 0.15) is 0 Å². The number of hydrogen-bond acceptors (Lipinski definition) is 3. The first-order valence-electron chi connectivity index (χ1n) is 14.5. The maximum atomic E-state index is 12.3. The number of carbonyl (C=O) groups is 1. The maximum absolute atomic E-state index is 12.3. The predicted molar refractivity (Wildman–Crippen MR) is 150 cm³/mol. The van der Waals surface area contributed by atoms with Crippen LogP contribution in [-0.4, -0.2) is 29.7 Å². The summed E-state index contributed by atoms with van der Waals surface area (Å²) in [7, 11) is 1.75. The van der Waals surface area contributed by atoms with Gasteiger partial charge in [-0.15, -0.1) is 0 Å². The second-order valence-electron chi connectivity index (χ2n) is 12.9. The summed E-state index contributed by atoms with van der Waals surface area (Å²) in [5.41, 5.74) is 0.518. The fraction of sp³-hybridized carbons (Fsp3) is 0.967. The minimum absolute atomic E-state index is 0.000887. The summed E-state index contributed by atoms with van der Waals surface area (Å²) in [5, 5.41) is 0. The topological polar surface area (TPSA) is 35.5 Å². The molecule has 3 nitrogen and oxygen atoms in total. The fourth-order valence-corrected chi connectivity index (χ4v) is 9.15. The van der Waals surface area contributed by atoms with E-state index in [1.807, 2.05) is 0 Å². The molecule has 0 radical (unpaired) electrons. The van der Waals surface area contributed by atoms with Gasteiger partial charge in [0.15, 0.2) is 0 Å². The number of fused-ring (bicyclic) bond motifs is 3. The van der Waals surface area contributed by atoms with E-state index < -0.39 is 0 Å². The molecule has 1 heterocycles. The quantitative estimate of drug-likeness (QED) is 0.177. The van der Waals surface area contributed by atoms with E-state index in [4.69, 9.17) is 9.47 Å². The molecule has 0 aromatic carbocycles. The second kappa shape index (κ2) is 13.1. The molecular formula is C30H53IO3. The lowest BCUT2D eigenvalue weighted by atomic mass is 9.53. The molecule has 2 saturated carbocycles. The van der Waals surface area contributed by atoms with E-state index in [0.717, 1.165) is 54.8 Å². The number of cyclic esters (lactones) is 1. The average molecular weight is 589 g/mol. The molecule has 0 bridgehead atoms. The van der Waals surface area contributed by atoms with Crippen molar-refractivity contribution in [1.82, 2.24) is 0 Å². The van der Waals surface area contributed by atoms with E-state index in [2.05, 4.69) is 57.2 Å². The third-order valence-electron chi connectivity index (χ3n) is 10.3. The number of esters is 1. The molecule has 0 aromatic heterocycles. The van der Waals surface area contributed by atoms with Crippen molar-refractivity contribution in [2.45, 2.75) is 122 Å². The average Bonchev–Trinajstić information content (AvgIpc) is 3.13. The Labute approximate surface area is 224 Å². The van der Waals surface area contributed by atoms with Crippen molar-refractivity contribution in [2.24, 2.45) is 46.8 Å². The Hall–Kier alpha value is 0.160. The van der Waals surface area contributed by atoms with Crippen molar-refractivity contribution in [1.29, 1.82) is 0 Å². The molecule has 2 unspecified atom stereocenters. The van der Waals surface area contributed by atoms with E-state index in [-0.39, 0.29) is 12.1 Å². The summed E-state index contributed by atoms with van der Waals surface area (Å²) in [5.74, 6) is 5.71. The van der Waals surface area contributed by atoms with Gasteiger partial charge in [-0.2, -0.15) is 0 Å². The lowest BCUT2D eigenvalue weighted by Crippen LogP contribution is -2.45. The normalized spacial score (nSPS) is 40.9. The smallest absolute Gasteiger partial charge is 0.308 e. The van der Waals surface area contributed by atoms with Crippen LogP contribution in [0.1, 0.15) is 112 Å². The largest absolute Gasteiger partial charge is 0.466 e. The molecule has 198 valence electrons. The van der Waals surface area contributed by atoms with E-state index in [9.17, 15) is 4.79 Å². The van der Waals surface area contributed by atoms with Crippen LogP contribution in [-0.2, 0) is 14.3 Å². The summed E-state index contributed by atoms with van der Waals surface area (Å²) < 4.78 is 11.9. The van der Waals surface area contributed by atoms with Gasteiger partial charge in [0.05, 0.1) is 19.1 Å². The van der Waals surface area contributed by atoms with Crippen molar-refractivity contribution < 1.29 is 14.3 Å². The van der Waals surface area contributed by atoms with Crippen molar-refractivity contribution in [3.63, 3.8) is 0 Å². The van der Waals surface area contributed by atoms with Crippen LogP contribution in [0.25, 0.3) is 0 Å². The van der Waals surface area contributed by atoms with Crippen LogP contribution in [0.2, 0.25) is 0 Å². The van der Waals surface area contributed by atoms with Gasteiger partial charge < -0.3 is 9.47 Å². The van der Waals surface area contributed by atoms with Crippen LogP contribution in [0.4, 0.5) is 0 Å². The number of carbonyl (C=O) groups excluding carboxylic acids is 1. The molecule has 0 N–H and O–H groups in total. The highest BCUT2D eigenvalue weighted by molar-refractivity contribution is 14.1. The van der Waals surface area contributed by atoms with E-state index >= 15 is 0 Å². The first-order chi connectivity index (χ1) is 16.2. The molecule has 34 heavy (non-hydrogen) atoms. The molecule has 3 rings (SSSR count). The van der Waals surface area contributed by atoms with Gasteiger partial charge in [-0.05, 0) is 98.2 Å². The van der Waals surface area contributed by atoms with Crippen molar-refractivity contribution in [3.8, 4) is 0 Å². The predicted octanol–water partition coefficient (Wildman–Crippen LogP) is 8.47. The minimum Gasteiger partial charge on any atom is -0.466 e. The first kappa shape index (κ1) is 28.7. The summed E-state index contributed by atoms with van der Waals surface area (Å²) in [6.45, 7) is 13.0. The van der Waals surface area contributed by atoms with Gasteiger partial charge in [0.2, 0.25) is 0 Å². The Morgan fingerprint density at radius 1 is 1.06 bits per heavy atom. The number of alkyl halides is 1. The molecule has 9 atom stereocenters. The van der Waals surface area contributed by atoms with Crippen molar-refractivity contribution in [3.05, 3.63) is 0 Å². The van der Waals surface area contributed by atoms with Crippen LogP contribution < -0.4 is 0 Å². The number of ether oxygens (including phenoxy) is 2. The molecule has 2 aliphatic carbocycles. The van der Waals surface area contributed by atoms with Crippen molar-refractivity contribution in [2.75, 3.05) is 13.7 Å². The zero-order valence-corrected chi connectivity index (χ0v) is 25.1. The van der Waals surface area contributed by atoms with E-state index in [1.165, 1.54) is 51.4 Å². The molecule has 4 heteroatoms. The van der Waals surface area contributed by atoms with Gasteiger partial charge in [-0.25, -0.2) is 0 Å². The van der Waals surface area contributed by atoms with Gasteiger partial charge in [-0.3, -0.25) is 4.79 Å². The number of hydrogen-bond donors (Lipinski definition) is 0. The van der Waals surface area contributed by atoms with Crippen LogP contribution in [0.5, 0.6) is 0 Å². The van der Waals surface area contributed by atoms with E-state index in [0.29, 0.717) is 28.3 Å². The molecule has 0 aromatic rings. The lowest BCUT2D eigenvalue weighted by Gasteiger charge is -2.52. The summed E-state index contributed by atoms with van der Waals surface area (Å²) in [6.07, 6.45) is 14.7. The Morgan fingerprint density at radius 2 is 1.82 bits per heavy atom. The molecule has 1 saturated heterocycles. The fourth-order valence-electron chi connectivity index (χ4n) is 8.31. The highest BCUT2D eigenvalue weighted by atomic mass is 127. The number of rotatable bonds is 6. The second-order valence-corrected chi connectivity index (χ2v) is 14.7. The molecule has 0 spiro atoms. The third kappa shape index (κ3) is 7.13. The summed E-state index contributed by atoms with van der Waals surface area (Å²) in [6, 6.07) is 0. The number of methoxy groups -OCH3 is 1. The first-order valence-corrected chi connectivity index (χ1v) is 15.7. The zero-order valence-electron chi connectivity index (χ0n) is 23.0.